The van der Waals surface area contributed by atoms with Crippen LogP contribution in [0.25, 0.3) is 0 Å². The number of nitrogens with one attached hydrogen (secondary N) is 1. The van der Waals surface area contributed by atoms with E-state index in [0.717, 1.165) is 16.4 Å². The van der Waals surface area contributed by atoms with Crippen LogP contribution >= 0.6 is 11.3 Å². The van der Waals surface area contributed by atoms with Gasteiger partial charge in [0, 0.05) is 11.9 Å². The van der Waals surface area contributed by atoms with E-state index in [0.29, 0.717) is 6.54 Å². The summed E-state index contributed by atoms with van der Waals surface area (Å²) in [6.45, 7) is 2.44. The van der Waals surface area contributed by atoms with E-state index in [4.69, 9.17) is 0 Å². The van der Waals surface area contributed by atoms with Crippen LogP contribution in [0.1, 0.15) is 17.4 Å². The fourth-order valence-corrected chi connectivity index (χ4v) is 2.11. The van der Waals surface area contributed by atoms with Crippen LogP contribution in [-0.4, -0.2) is 16.6 Å². The van der Waals surface area contributed by atoms with Crippen molar-refractivity contribution >= 4 is 16.5 Å². The van der Waals surface area contributed by atoms with Gasteiger partial charge in [0.1, 0.15) is 0 Å². The van der Waals surface area contributed by atoms with Crippen LogP contribution in [0.15, 0.2) is 35.7 Å². The topological polar surface area (TPSA) is 45.1 Å². The molecule has 1 aromatic heterocycles. The first-order chi connectivity index (χ1) is 7.75. The molecule has 1 aromatic carbocycles. The number of anilines is 1. The molecule has 2 N–H and O–H groups in total. The van der Waals surface area contributed by atoms with Crippen molar-refractivity contribution in [3.63, 3.8) is 0 Å². The molecule has 0 aliphatic heterocycles. The lowest BCUT2D eigenvalue weighted by molar-refractivity contribution is 0.191. The number of aliphatic hydroxyl groups excluding tert-OH is 1. The summed E-state index contributed by atoms with van der Waals surface area (Å²) < 4.78 is 0. The largest absolute Gasteiger partial charge is 0.387 e. The van der Waals surface area contributed by atoms with Crippen LogP contribution in [-0.2, 0) is 0 Å². The van der Waals surface area contributed by atoms with Crippen molar-refractivity contribution in [2.24, 2.45) is 0 Å². The monoisotopic (exact) mass is 234 g/mol. The van der Waals surface area contributed by atoms with E-state index in [9.17, 15) is 5.11 Å². The van der Waals surface area contributed by atoms with Crippen LogP contribution in [0.5, 0.6) is 0 Å². The SMILES string of the molecule is Cc1csc(NCC(O)c2ccccc2)n1. The van der Waals surface area contributed by atoms with Gasteiger partial charge in [-0.2, -0.15) is 0 Å². The standard InChI is InChI=1S/C12H14N2OS/c1-9-8-16-12(14-9)13-7-11(15)10-5-3-2-4-6-10/h2-6,8,11,15H,7H2,1H3,(H,13,14). The third-order valence-corrected chi connectivity index (χ3v) is 3.17. The molecule has 84 valence electrons. The smallest absolute Gasteiger partial charge is 0.182 e. The Bertz CT molecular complexity index is 441. The molecule has 4 heteroatoms. The molecule has 0 saturated heterocycles. The highest BCUT2D eigenvalue weighted by atomic mass is 32.1. The maximum atomic E-state index is 9.90. The first-order valence-electron chi connectivity index (χ1n) is 5.15. The zero-order valence-electron chi connectivity index (χ0n) is 9.05. The fourth-order valence-electron chi connectivity index (χ4n) is 1.41. The Morgan fingerprint density at radius 3 is 2.75 bits per heavy atom. The van der Waals surface area contributed by atoms with E-state index in [-0.39, 0.29) is 0 Å². The molecule has 0 saturated carbocycles. The molecule has 3 nitrogen and oxygen atoms in total. The van der Waals surface area contributed by atoms with Crippen LogP contribution in [0.3, 0.4) is 0 Å². The van der Waals surface area contributed by atoms with Gasteiger partial charge in [-0.05, 0) is 12.5 Å². The van der Waals surface area contributed by atoms with Gasteiger partial charge >= 0.3 is 0 Å². The molecule has 0 amide bonds. The molecule has 0 fully saturated rings. The van der Waals surface area contributed by atoms with Gasteiger partial charge in [0.05, 0.1) is 11.8 Å². The summed E-state index contributed by atoms with van der Waals surface area (Å²) in [4.78, 5) is 4.27. The van der Waals surface area contributed by atoms with Gasteiger partial charge in [-0.15, -0.1) is 11.3 Å². The third kappa shape index (κ3) is 2.81. The normalized spacial score (nSPS) is 12.4. The summed E-state index contributed by atoms with van der Waals surface area (Å²) in [6.07, 6.45) is -0.495. The van der Waals surface area contributed by atoms with Crippen molar-refractivity contribution in [2.45, 2.75) is 13.0 Å². The quantitative estimate of drug-likeness (QED) is 0.854. The Balaban J connectivity index is 1.91. The molecule has 0 radical (unpaired) electrons. The van der Waals surface area contributed by atoms with Gasteiger partial charge in [0.25, 0.3) is 0 Å². The van der Waals surface area contributed by atoms with Gasteiger partial charge in [0.15, 0.2) is 5.13 Å². The summed E-state index contributed by atoms with van der Waals surface area (Å²) in [5.74, 6) is 0. The highest BCUT2D eigenvalue weighted by molar-refractivity contribution is 7.13. The third-order valence-electron chi connectivity index (χ3n) is 2.25. The lowest BCUT2D eigenvalue weighted by Gasteiger charge is -2.11. The van der Waals surface area contributed by atoms with Crippen LogP contribution in [0.2, 0.25) is 0 Å². The first kappa shape index (κ1) is 11.1. The number of hydrogen-bond donors (Lipinski definition) is 2. The second kappa shape index (κ2) is 5.09. The summed E-state index contributed by atoms with van der Waals surface area (Å²) in [6, 6.07) is 9.62. The molecule has 1 unspecified atom stereocenters. The van der Waals surface area contributed by atoms with Gasteiger partial charge in [-0.3, -0.25) is 0 Å². The minimum absolute atomic E-state index is 0.483. The van der Waals surface area contributed by atoms with Crippen LogP contribution in [0, 0.1) is 6.92 Å². The molecular weight excluding hydrogens is 220 g/mol. The van der Waals surface area contributed by atoms with Crippen molar-refractivity contribution in [2.75, 3.05) is 11.9 Å². The van der Waals surface area contributed by atoms with Crippen molar-refractivity contribution in [1.82, 2.24) is 4.98 Å². The zero-order chi connectivity index (χ0) is 11.4. The molecular formula is C12H14N2OS. The number of benzene rings is 1. The highest BCUT2D eigenvalue weighted by Gasteiger charge is 2.07. The number of aryl methyl sites for hydroxylation is 1. The van der Waals surface area contributed by atoms with Crippen molar-refractivity contribution in [3.05, 3.63) is 47.0 Å². The minimum Gasteiger partial charge on any atom is -0.387 e. The van der Waals surface area contributed by atoms with Crippen LogP contribution < -0.4 is 5.32 Å². The number of hydrogen-bond acceptors (Lipinski definition) is 4. The average molecular weight is 234 g/mol. The lowest BCUT2D eigenvalue weighted by atomic mass is 10.1. The molecule has 2 aromatic rings. The Hall–Kier alpha value is -1.39. The lowest BCUT2D eigenvalue weighted by Crippen LogP contribution is -2.11. The second-order valence-electron chi connectivity index (χ2n) is 3.60. The molecule has 2 rings (SSSR count). The van der Waals surface area contributed by atoms with Crippen molar-refractivity contribution < 1.29 is 5.11 Å². The van der Waals surface area contributed by atoms with Gasteiger partial charge in [-0.1, -0.05) is 30.3 Å². The zero-order valence-corrected chi connectivity index (χ0v) is 9.87. The molecule has 0 aliphatic carbocycles. The summed E-state index contributed by atoms with van der Waals surface area (Å²) in [5, 5.41) is 15.9. The Morgan fingerprint density at radius 2 is 2.12 bits per heavy atom. The van der Waals surface area contributed by atoms with E-state index in [1.165, 1.54) is 0 Å². The number of rotatable bonds is 4. The molecule has 1 atom stereocenters. The Kier molecular flexibility index (Phi) is 3.54. The molecule has 0 spiro atoms. The van der Waals surface area contributed by atoms with E-state index >= 15 is 0 Å². The number of aromatic nitrogens is 1. The van der Waals surface area contributed by atoms with E-state index < -0.39 is 6.10 Å². The summed E-state index contributed by atoms with van der Waals surface area (Å²) in [7, 11) is 0. The fraction of sp³-hybridized carbons (Fsp3) is 0.250. The second-order valence-corrected chi connectivity index (χ2v) is 4.46. The maximum Gasteiger partial charge on any atom is 0.182 e. The average Bonchev–Trinajstić information content (AvgIpc) is 2.73. The Morgan fingerprint density at radius 1 is 1.38 bits per heavy atom. The van der Waals surface area contributed by atoms with Gasteiger partial charge in [0.2, 0.25) is 0 Å². The predicted octanol–water partition coefficient (Wildman–Crippen LogP) is 2.60. The highest BCUT2D eigenvalue weighted by Crippen LogP contribution is 2.17. The van der Waals surface area contributed by atoms with E-state index in [1.54, 1.807) is 11.3 Å². The van der Waals surface area contributed by atoms with E-state index in [2.05, 4.69) is 10.3 Å². The molecule has 0 aliphatic rings. The van der Waals surface area contributed by atoms with Crippen molar-refractivity contribution in [1.29, 1.82) is 0 Å². The summed E-state index contributed by atoms with van der Waals surface area (Å²) >= 11 is 1.55. The summed E-state index contributed by atoms with van der Waals surface area (Å²) in [5.41, 5.74) is 1.92. The predicted molar refractivity (Wildman–Crippen MR) is 66.7 cm³/mol. The van der Waals surface area contributed by atoms with Gasteiger partial charge < -0.3 is 10.4 Å². The number of nitrogens with zero attached hydrogens (tertiary/aromatic N) is 1. The molecule has 0 bridgehead atoms. The van der Waals surface area contributed by atoms with Crippen molar-refractivity contribution in [3.8, 4) is 0 Å². The van der Waals surface area contributed by atoms with Crippen LogP contribution in [0.4, 0.5) is 5.13 Å². The minimum atomic E-state index is -0.495. The number of thiazole rings is 1. The number of aliphatic hydroxyl groups is 1. The molecule has 16 heavy (non-hydrogen) atoms. The van der Waals surface area contributed by atoms with E-state index in [1.807, 2.05) is 42.6 Å². The Labute approximate surface area is 98.8 Å². The van der Waals surface area contributed by atoms with Gasteiger partial charge in [-0.25, -0.2) is 4.98 Å². The maximum absolute atomic E-state index is 9.90. The molecule has 1 heterocycles. The first-order valence-corrected chi connectivity index (χ1v) is 6.02.